The average molecular weight is 252 g/mol. The molecular formula is C14H24N2O2. The fraction of sp³-hybridized carbons (Fsp3) is 0.714. The second kappa shape index (κ2) is 6.92. The summed E-state index contributed by atoms with van der Waals surface area (Å²) in [6, 6.07) is 4.59. The van der Waals surface area contributed by atoms with Crippen LogP contribution >= 0.6 is 0 Å². The van der Waals surface area contributed by atoms with E-state index in [1.807, 2.05) is 0 Å². The molecule has 1 atom stereocenters. The number of nitrogens with one attached hydrogen (secondary N) is 1. The van der Waals surface area contributed by atoms with E-state index in [4.69, 9.17) is 9.15 Å². The number of rotatable bonds is 6. The molecule has 2 heterocycles. The molecular weight excluding hydrogens is 228 g/mol. The lowest BCUT2D eigenvalue weighted by Gasteiger charge is -2.29. The molecule has 1 aliphatic rings. The minimum Gasteiger partial charge on any atom is -0.465 e. The first-order chi connectivity index (χ1) is 8.78. The maximum Gasteiger partial charge on any atom is 0.117 e. The van der Waals surface area contributed by atoms with Crippen molar-refractivity contribution in [3.05, 3.63) is 23.7 Å². The van der Waals surface area contributed by atoms with Crippen LogP contribution in [-0.2, 0) is 17.7 Å². The Balaban J connectivity index is 1.68. The van der Waals surface area contributed by atoms with Crippen LogP contribution in [0.5, 0.6) is 0 Å². The van der Waals surface area contributed by atoms with Gasteiger partial charge in [-0.15, -0.1) is 0 Å². The van der Waals surface area contributed by atoms with Gasteiger partial charge in [-0.25, -0.2) is 0 Å². The van der Waals surface area contributed by atoms with Gasteiger partial charge in [-0.3, -0.25) is 4.90 Å². The second-order valence-electron chi connectivity index (χ2n) is 4.92. The van der Waals surface area contributed by atoms with E-state index in [-0.39, 0.29) is 0 Å². The number of morpholine rings is 1. The summed E-state index contributed by atoms with van der Waals surface area (Å²) in [6.07, 6.45) is 0.962. The molecule has 4 nitrogen and oxygen atoms in total. The zero-order valence-corrected chi connectivity index (χ0v) is 11.4. The molecule has 1 aromatic rings. The number of aryl methyl sites for hydroxylation is 1. The molecule has 0 amide bonds. The van der Waals surface area contributed by atoms with Crippen molar-refractivity contribution in [1.82, 2.24) is 10.2 Å². The molecule has 1 fully saturated rings. The standard InChI is InChI=1S/C14H24N2O2/c1-3-13-4-5-14(18-13)10-15-12(2)11-16-6-8-17-9-7-16/h4-5,12,15H,3,6-11H2,1-2H3. The molecule has 0 aromatic carbocycles. The Kier molecular flexibility index (Phi) is 5.23. The zero-order valence-electron chi connectivity index (χ0n) is 11.4. The third-order valence-corrected chi connectivity index (χ3v) is 3.33. The molecule has 1 saturated heterocycles. The molecule has 102 valence electrons. The van der Waals surface area contributed by atoms with Crippen LogP contribution < -0.4 is 5.32 Å². The normalized spacial score (nSPS) is 19.0. The molecule has 1 unspecified atom stereocenters. The lowest BCUT2D eigenvalue weighted by molar-refractivity contribution is 0.0342. The Morgan fingerprint density at radius 1 is 1.28 bits per heavy atom. The average Bonchev–Trinajstić information content (AvgIpc) is 2.85. The van der Waals surface area contributed by atoms with Crippen LogP contribution in [0.1, 0.15) is 25.4 Å². The predicted molar refractivity (Wildman–Crippen MR) is 71.6 cm³/mol. The topological polar surface area (TPSA) is 37.6 Å². The predicted octanol–water partition coefficient (Wildman–Crippen LogP) is 1.65. The van der Waals surface area contributed by atoms with Crippen LogP contribution in [0.4, 0.5) is 0 Å². The zero-order chi connectivity index (χ0) is 12.8. The number of ether oxygens (including phenoxy) is 1. The number of nitrogens with zero attached hydrogens (tertiary/aromatic N) is 1. The molecule has 4 heteroatoms. The Labute approximate surface area is 109 Å². The van der Waals surface area contributed by atoms with Crippen LogP contribution in [0, 0.1) is 0 Å². The van der Waals surface area contributed by atoms with Crippen molar-refractivity contribution in [2.75, 3.05) is 32.8 Å². The Morgan fingerprint density at radius 3 is 2.67 bits per heavy atom. The van der Waals surface area contributed by atoms with Crippen LogP contribution in [0.3, 0.4) is 0 Å². The molecule has 0 bridgehead atoms. The van der Waals surface area contributed by atoms with Gasteiger partial charge in [-0.1, -0.05) is 6.92 Å². The van der Waals surface area contributed by atoms with Gasteiger partial charge in [0, 0.05) is 32.1 Å². The molecule has 1 aliphatic heterocycles. The van der Waals surface area contributed by atoms with Gasteiger partial charge in [0.25, 0.3) is 0 Å². The minimum atomic E-state index is 0.471. The van der Waals surface area contributed by atoms with Gasteiger partial charge in [0.05, 0.1) is 19.8 Å². The summed E-state index contributed by atoms with van der Waals surface area (Å²) in [5, 5.41) is 3.51. The Bertz CT molecular complexity index is 345. The summed E-state index contributed by atoms with van der Waals surface area (Å²) in [5.41, 5.74) is 0. The van der Waals surface area contributed by atoms with Crippen molar-refractivity contribution in [1.29, 1.82) is 0 Å². The largest absolute Gasteiger partial charge is 0.465 e. The highest BCUT2D eigenvalue weighted by Crippen LogP contribution is 2.08. The number of furan rings is 1. The lowest BCUT2D eigenvalue weighted by Crippen LogP contribution is -2.44. The summed E-state index contributed by atoms with van der Waals surface area (Å²) < 4.78 is 11.0. The smallest absolute Gasteiger partial charge is 0.117 e. The van der Waals surface area contributed by atoms with E-state index in [1.165, 1.54) is 0 Å². The summed E-state index contributed by atoms with van der Waals surface area (Å²) >= 11 is 0. The van der Waals surface area contributed by atoms with E-state index in [2.05, 4.69) is 36.2 Å². The summed E-state index contributed by atoms with van der Waals surface area (Å²) in [5.74, 6) is 2.09. The molecule has 0 spiro atoms. The minimum absolute atomic E-state index is 0.471. The van der Waals surface area contributed by atoms with E-state index in [0.29, 0.717) is 6.04 Å². The number of hydrogen-bond donors (Lipinski definition) is 1. The van der Waals surface area contributed by atoms with Gasteiger partial charge in [-0.2, -0.15) is 0 Å². The van der Waals surface area contributed by atoms with E-state index in [9.17, 15) is 0 Å². The third-order valence-electron chi connectivity index (χ3n) is 3.33. The highest BCUT2D eigenvalue weighted by Gasteiger charge is 2.13. The first-order valence-corrected chi connectivity index (χ1v) is 6.89. The molecule has 0 radical (unpaired) electrons. The quantitative estimate of drug-likeness (QED) is 0.835. The Hall–Kier alpha value is -0.840. The van der Waals surface area contributed by atoms with Gasteiger partial charge in [0.2, 0.25) is 0 Å². The fourth-order valence-electron chi connectivity index (χ4n) is 2.22. The molecule has 1 N–H and O–H groups in total. The molecule has 18 heavy (non-hydrogen) atoms. The molecule has 0 saturated carbocycles. The van der Waals surface area contributed by atoms with Crippen molar-refractivity contribution in [3.8, 4) is 0 Å². The van der Waals surface area contributed by atoms with Crippen molar-refractivity contribution >= 4 is 0 Å². The maximum absolute atomic E-state index is 5.68. The van der Waals surface area contributed by atoms with Crippen LogP contribution in [0.25, 0.3) is 0 Å². The van der Waals surface area contributed by atoms with Crippen LogP contribution in [0.15, 0.2) is 16.5 Å². The van der Waals surface area contributed by atoms with Crippen molar-refractivity contribution in [2.24, 2.45) is 0 Å². The molecule has 0 aliphatic carbocycles. The van der Waals surface area contributed by atoms with Gasteiger partial charge < -0.3 is 14.5 Å². The first kappa shape index (κ1) is 13.6. The lowest BCUT2D eigenvalue weighted by atomic mass is 10.2. The maximum atomic E-state index is 5.68. The fourth-order valence-corrected chi connectivity index (χ4v) is 2.22. The van der Waals surface area contributed by atoms with Crippen molar-refractivity contribution in [3.63, 3.8) is 0 Å². The van der Waals surface area contributed by atoms with Gasteiger partial charge >= 0.3 is 0 Å². The molecule has 1 aromatic heterocycles. The highest BCUT2D eigenvalue weighted by atomic mass is 16.5. The highest BCUT2D eigenvalue weighted by molar-refractivity contribution is 5.06. The van der Waals surface area contributed by atoms with E-state index in [0.717, 1.165) is 57.3 Å². The van der Waals surface area contributed by atoms with Crippen molar-refractivity contribution < 1.29 is 9.15 Å². The van der Waals surface area contributed by atoms with E-state index < -0.39 is 0 Å². The van der Waals surface area contributed by atoms with Crippen LogP contribution in [0.2, 0.25) is 0 Å². The monoisotopic (exact) mass is 252 g/mol. The summed E-state index contributed by atoms with van der Waals surface area (Å²) in [7, 11) is 0. The van der Waals surface area contributed by atoms with Gasteiger partial charge in [0.1, 0.15) is 11.5 Å². The van der Waals surface area contributed by atoms with Gasteiger partial charge in [-0.05, 0) is 19.1 Å². The van der Waals surface area contributed by atoms with Crippen molar-refractivity contribution in [2.45, 2.75) is 32.9 Å². The SMILES string of the molecule is CCc1ccc(CNC(C)CN2CCOCC2)o1. The van der Waals surface area contributed by atoms with Gasteiger partial charge in [0.15, 0.2) is 0 Å². The van der Waals surface area contributed by atoms with E-state index in [1.54, 1.807) is 0 Å². The summed E-state index contributed by atoms with van der Waals surface area (Å²) in [6.45, 7) is 10.0. The second-order valence-corrected chi connectivity index (χ2v) is 4.92. The number of hydrogen-bond acceptors (Lipinski definition) is 4. The van der Waals surface area contributed by atoms with Crippen LogP contribution in [-0.4, -0.2) is 43.8 Å². The first-order valence-electron chi connectivity index (χ1n) is 6.89. The third kappa shape index (κ3) is 4.12. The summed E-state index contributed by atoms with van der Waals surface area (Å²) in [4.78, 5) is 2.45. The molecule has 2 rings (SSSR count). The Morgan fingerprint density at radius 2 is 2.00 bits per heavy atom. The van der Waals surface area contributed by atoms with E-state index >= 15 is 0 Å².